The molecule has 0 aliphatic carbocycles. The highest BCUT2D eigenvalue weighted by Crippen LogP contribution is 2.35. The molecule has 0 saturated carbocycles. The molecule has 2 heterocycles. The number of anilines is 1. The number of nitrogens with one attached hydrogen (secondary N) is 1. The van der Waals surface area contributed by atoms with Crippen molar-refractivity contribution >= 4 is 23.4 Å². The van der Waals surface area contributed by atoms with Gasteiger partial charge in [-0.25, -0.2) is 0 Å². The van der Waals surface area contributed by atoms with Crippen LogP contribution >= 0.6 is 11.8 Å². The lowest BCUT2D eigenvalue weighted by molar-refractivity contribution is -0.113. The second kappa shape index (κ2) is 8.39. The van der Waals surface area contributed by atoms with Gasteiger partial charge in [0.1, 0.15) is 6.61 Å². The SMILES string of the molecule is Cc1cc(C)c(NC(=O)CSc2nnc(C3COc4ccccc4O3)n2C)c(C)c1. The van der Waals surface area contributed by atoms with E-state index in [9.17, 15) is 4.79 Å². The number of ether oxygens (including phenoxy) is 2. The standard InChI is InChI=1S/C22H24N4O3S/c1-13-9-14(2)20(15(3)10-13)23-19(27)12-30-22-25-24-21(26(22)4)18-11-28-16-7-5-6-8-17(16)29-18/h5-10,18H,11-12H2,1-4H3,(H,23,27). The van der Waals surface area contributed by atoms with Crippen LogP contribution in [0.5, 0.6) is 11.5 Å². The van der Waals surface area contributed by atoms with Gasteiger partial charge in [-0.15, -0.1) is 10.2 Å². The zero-order valence-electron chi connectivity index (χ0n) is 17.4. The Morgan fingerprint density at radius 3 is 2.60 bits per heavy atom. The number of thioether (sulfide) groups is 1. The van der Waals surface area contributed by atoms with Crippen molar-refractivity contribution in [1.82, 2.24) is 14.8 Å². The van der Waals surface area contributed by atoms with Crippen LogP contribution in [0.4, 0.5) is 5.69 Å². The normalized spacial score (nSPS) is 15.1. The molecule has 3 aromatic rings. The minimum absolute atomic E-state index is 0.0780. The average Bonchev–Trinajstić information content (AvgIpc) is 3.09. The molecular weight excluding hydrogens is 400 g/mol. The third-order valence-electron chi connectivity index (χ3n) is 4.94. The van der Waals surface area contributed by atoms with Crippen LogP contribution in [0.2, 0.25) is 0 Å². The van der Waals surface area contributed by atoms with Crippen LogP contribution in [-0.2, 0) is 11.8 Å². The Kier molecular flexibility index (Phi) is 5.67. The first-order chi connectivity index (χ1) is 14.4. The average molecular weight is 425 g/mol. The first kappa shape index (κ1) is 20.3. The third kappa shape index (κ3) is 4.14. The molecular formula is C22H24N4O3S. The van der Waals surface area contributed by atoms with E-state index in [1.807, 2.05) is 56.7 Å². The van der Waals surface area contributed by atoms with Crippen molar-refractivity contribution in [2.45, 2.75) is 32.0 Å². The highest BCUT2D eigenvalue weighted by molar-refractivity contribution is 7.99. The summed E-state index contributed by atoms with van der Waals surface area (Å²) >= 11 is 1.34. The van der Waals surface area contributed by atoms with Gasteiger partial charge in [-0.1, -0.05) is 41.6 Å². The van der Waals surface area contributed by atoms with Gasteiger partial charge in [0, 0.05) is 12.7 Å². The van der Waals surface area contributed by atoms with Gasteiger partial charge in [0.05, 0.1) is 5.75 Å². The lowest BCUT2D eigenvalue weighted by Gasteiger charge is -2.25. The van der Waals surface area contributed by atoms with Crippen LogP contribution in [0, 0.1) is 20.8 Å². The van der Waals surface area contributed by atoms with Crippen LogP contribution in [0.3, 0.4) is 0 Å². The topological polar surface area (TPSA) is 78.3 Å². The molecule has 7 nitrogen and oxygen atoms in total. The van der Waals surface area contributed by atoms with Gasteiger partial charge in [-0.3, -0.25) is 4.79 Å². The summed E-state index contributed by atoms with van der Waals surface area (Å²) < 4.78 is 13.6. The van der Waals surface area contributed by atoms with Crippen LogP contribution in [-0.4, -0.2) is 33.0 Å². The Hall–Kier alpha value is -3.00. The summed E-state index contributed by atoms with van der Waals surface area (Å²) in [6, 6.07) is 11.7. The summed E-state index contributed by atoms with van der Waals surface area (Å²) in [6.45, 7) is 6.41. The predicted octanol–water partition coefficient (Wildman–Crippen LogP) is 3.98. The van der Waals surface area contributed by atoms with Crippen LogP contribution < -0.4 is 14.8 Å². The first-order valence-corrected chi connectivity index (χ1v) is 10.7. The molecule has 1 N–H and O–H groups in total. The van der Waals surface area contributed by atoms with Crippen LogP contribution in [0.1, 0.15) is 28.6 Å². The summed E-state index contributed by atoms with van der Waals surface area (Å²) in [4.78, 5) is 12.5. The zero-order valence-corrected chi connectivity index (χ0v) is 18.2. The molecule has 30 heavy (non-hydrogen) atoms. The number of nitrogens with zero attached hydrogens (tertiary/aromatic N) is 3. The van der Waals surface area contributed by atoms with E-state index in [4.69, 9.17) is 9.47 Å². The van der Waals surface area contributed by atoms with Gasteiger partial charge in [0.2, 0.25) is 5.91 Å². The maximum atomic E-state index is 12.5. The molecule has 0 bridgehead atoms. The van der Waals surface area contributed by atoms with Gasteiger partial charge >= 0.3 is 0 Å². The number of benzene rings is 2. The summed E-state index contributed by atoms with van der Waals surface area (Å²) in [5.74, 6) is 2.24. The summed E-state index contributed by atoms with van der Waals surface area (Å²) in [5.41, 5.74) is 4.17. The molecule has 0 fully saturated rings. The Morgan fingerprint density at radius 1 is 1.17 bits per heavy atom. The maximum absolute atomic E-state index is 12.5. The molecule has 156 valence electrons. The van der Waals surface area contributed by atoms with E-state index in [-0.39, 0.29) is 17.8 Å². The molecule has 1 aliphatic rings. The number of amides is 1. The molecule has 1 aliphatic heterocycles. The number of carbonyl (C=O) groups is 1. The molecule has 0 saturated heterocycles. The van der Waals surface area contributed by atoms with E-state index in [1.165, 1.54) is 17.3 Å². The summed E-state index contributed by atoms with van der Waals surface area (Å²) in [5, 5.41) is 12.2. The van der Waals surface area contributed by atoms with E-state index in [0.717, 1.165) is 22.6 Å². The number of carbonyl (C=O) groups excluding carboxylic acids is 1. The van der Waals surface area contributed by atoms with Gasteiger partial charge in [-0.2, -0.15) is 0 Å². The number of fused-ring (bicyclic) bond motifs is 1. The summed E-state index contributed by atoms with van der Waals surface area (Å²) in [6.07, 6.45) is -0.349. The van der Waals surface area contributed by atoms with E-state index in [2.05, 4.69) is 27.6 Å². The van der Waals surface area contributed by atoms with Crippen molar-refractivity contribution < 1.29 is 14.3 Å². The molecule has 8 heteroatoms. The fourth-order valence-corrected chi connectivity index (χ4v) is 4.28. The monoisotopic (exact) mass is 424 g/mol. The molecule has 0 spiro atoms. The fraction of sp³-hybridized carbons (Fsp3) is 0.318. The Balaban J connectivity index is 1.40. The largest absolute Gasteiger partial charge is 0.485 e. The summed E-state index contributed by atoms with van der Waals surface area (Å²) in [7, 11) is 1.87. The molecule has 1 atom stereocenters. The van der Waals surface area contributed by atoms with Crippen LogP contribution in [0.15, 0.2) is 41.6 Å². The fourth-order valence-electron chi connectivity index (χ4n) is 3.56. The van der Waals surface area contributed by atoms with Crippen molar-refractivity contribution in [3.8, 4) is 11.5 Å². The highest BCUT2D eigenvalue weighted by atomic mass is 32.2. The molecule has 1 unspecified atom stereocenters. The van der Waals surface area contributed by atoms with E-state index in [1.54, 1.807) is 0 Å². The van der Waals surface area contributed by atoms with Crippen molar-refractivity contribution in [3.63, 3.8) is 0 Å². The molecule has 0 radical (unpaired) electrons. The van der Waals surface area contributed by atoms with Gasteiger partial charge in [-0.05, 0) is 44.0 Å². The lowest BCUT2D eigenvalue weighted by Crippen LogP contribution is -2.24. The highest BCUT2D eigenvalue weighted by Gasteiger charge is 2.27. The van der Waals surface area contributed by atoms with E-state index >= 15 is 0 Å². The lowest BCUT2D eigenvalue weighted by atomic mass is 10.1. The van der Waals surface area contributed by atoms with Crippen LogP contribution in [0.25, 0.3) is 0 Å². The third-order valence-corrected chi connectivity index (χ3v) is 5.96. The van der Waals surface area contributed by atoms with Gasteiger partial charge in [0.25, 0.3) is 0 Å². The minimum Gasteiger partial charge on any atom is -0.485 e. The van der Waals surface area contributed by atoms with E-state index < -0.39 is 0 Å². The number of hydrogen-bond acceptors (Lipinski definition) is 6. The van der Waals surface area contributed by atoms with Gasteiger partial charge in [0.15, 0.2) is 28.6 Å². The molecule has 2 aromatic carbocycles. The van der Waals surface area contributed by atoms with E-state index in [0.29, 0.717) is 23.3 Å². The smallest absolute Gasteiger partial charge is 0.234 e. The molecule has 1 amide bonds. The maximum Gasteiger partial charge on any atom is 0.234 e. The minimum atomic E-state index is -0.349. The number of hydrogen-bond donors (Lipinski definition) is 1. The Morgan fingerprint density at radius 2 is 1.87 bits per heavy atom. The molecule has 1 aromatic heterocycles. The number of para-hydroxylation sites is 2. The van der Waals surface area contributed by atoms with Crippen molar-refractivity contribution in [1.29, 1.82) is 0 Å². The number of rotatable bonds is 5. The quantitative estimate of drug-likeness (QED) is 0.624. The number of aromatic nitrogens is 3. The Bertz CT molecular complexity index is 1070. The van der Waals surface area contributed by atoms with Crippen molar-refractivity contribution in [3.05, 3.63) is 58.9 Å². The van der Waals surface area contributed by atoms with Gasteiger partial charge < -0.3 is 19.4 Å². The van der Waals surface area contributed by atoms with Crippen molar-refractivity contribution in [2.75, 3.05) is 17.7 Å². The Labute approximate surface area is 179 Å². The number of aryl methyl sites for hydroxylation is 3. The first-order valence-electron chi connectivity index (χ1n) is 9.70. The zero-order chi connectivity index (χ0) is 21.3. The second-order valence-electron chi connectivity index (χ2n) is 7.37. The predicted molar refractivity (Wildman–Crippen MR) is 116 cm³/mol. The second-order valence-corrected chi connectivity index (χ2v) is 8.32. The van der Waals surface area contributed by atoms with Crippen molar-refractivity contribution in [2.24, 2.45) is 7.05 Å². The molecule has 4 rings (SSSR count).